The van der Waals surface area contributed by atoms with E-state index in [2.05, 4.69) is 17.6 Å². The maximum Gasteiger partial charge on any atom is 0.223 e. The summed E-state index contributed by atoms with van der Waals surface area (Å²) in [4.78, 5) is 11.9. The van der Waals surface area contributed by atoms with Gasteiger partial charge in [-0.15, -0.1) is 12.4 Å². The highest BCUT2D eigenvalue weighted by molar-refractivity contribution is 5.85. The highest BCUT2D eigenvalue weighted by Crippen LogP contribution is 2.48. The highest BCUT2D eigenvalue weighted by atomic mass is 35.5. The molecule has 0 aromatic heterocycles. The molecule has 118 valence electrons. The number of hydrogen-bond donors (Lipinski definition) is 2. The molecule has 6 heteroatoms. The number of amides is 1. The predicted octanol–water partition coefficient (Wildman–Crippen LogP) is 2.61. The van der Waals surface area contributed by atoms with E-state index in [1.807, 2.05) is 0 Å². The molecule has 1 aromatic carbocycles. The largest absolute Gasteiger partial charge is 0.355 e. The zero-order valence-corrected chi connectivity index (χ0v) is 12.8. The maximum absolute atomic E-state index is 13.6. The van der Waals surface area contributed by atoms with E-state index in [0.29, 0.717) is 18.5 Å². The van der Waals surface area contributed by atoms with E-state index in [9.17, 15) is 13.6 Å². The number of halogens is 3. The molecule has 0 bridgehead atoms. The number of hydrogen-bond acceptors (Lipinski definition) is 2. The summed E-state index contributed by atoms with van der Waals surface area (Å²) >= 11 is 0. The van der Waals surface area contributed by atoms with E-state index in [1.54, 1.807) is 0 Å². The van der Waals surface area contributed by atoms with Crippen molar-refractivity contribution in [1.82, 2.24) is 10.6 Å². The minimum absolute atomic E-state index is 0. The summed E-state index contributed by atoms with van der Waals surface area (Å²) in [5.41, 5.74) is 0.314. The van der Waals surface area contributed by atoms with Crippen LogP contribution in [0.1, 0.15) is 31.2 Å². The van der Waals surface area contributed by atoms with Crippen LogP contribution in [-0.4, -0.2) is 25.5 Å². The van der Waals surface area contributed by atoms with Crippen LogP contribution in [0.4, 0.5) is 8.78 Å². The van der Waals surface area contributed by atoms with Crippen LogP contribution in [0.15, 0.2) is 18.2 Å². The Kier molecular flexibility index (Phi) is 7.05. The second-order valence-corrected chi connectivity index (χ2v) is 5.16. The van der Waals surface area contributed by atoms with Gasteiger partial charge in [0.05, 0.1) is 0 Å². The van der Waals surface area contributed by atoms with Crippen molar-refractivity contribution in [3.05, 3.63) is 35.4 Å². The van der Waals surface area contributed by atoms with Crippen LogP contribution in [0.2, 0.25) is 0 Å². The standard InChI is InChI=1S/C15H20F2N2O.ClH/c1-2-5-18-6-7-19-15(20)13-9-11(13)12-8-10(16)3-4-14(12)17;/h3-4,8,11,13,18H,2,5-7,9H2,1H3,(H,19,20);1H. The molecule has 0 spiro atoms. The molecule has 1 fully saturated rings. The van der Waals surface area contributed by atoms with Gasteiger partial charge in [0.15, 0.2) is 0 Å². The van der Waals surface area contributed by atoms with E-state index in [-0.39, 0.29) is 30.2 Å². The SMILES string of the molecule is CCCNCCNC(=O)C1CC1c1cc(F)ccc1F.Cl. The molecule has 3 nitrogen and oxygen atoms in total. The molecule has 1 aromatic rings. The smallest absolute Gasteiger partial charge is 0.223 e. The van der Waals surface area contributed by atoms with Gasteiger partial charge in [0.2, 0.25) is 5.91 Å². The normalized spacial score (nSPS) is 19.8. The van der Waals surface area contributed by atoms with Crippen molar-refractivity contribution >= 4 is 18.3 Å². The Hall–Kier alpha value is -1.20. The second-order valence-electron chi connectivity index (χ2n) is 5.16. The fourth-order valence-electron chi connectivity index (χ4n) is 2.33. The summed E-state index contributed by atoms with van der Waals surface area (Å²) in [7, 11) is 0. The Bertz CT molecular complexity index is 485. The van der Waals surface area contributed by atoms with E-state index >= 15 is 0 Å². The molecule has 2 rings (SSSR count). The van der Waals surface area contributed by atoms with E-state index in [4.69, 9.17) is 0 Å². The molecule has 1 aliphatic carbocycles. The predicted molar refractivity (Wildman–Crippen MR) is 80.6 cm³/mol. The lowest BCUT2D eigenvalue weighted by atomic mass is 10.1. The third-order valence-electron chi connectivity index (χ3n) is 3.51. The first-order valence-corrected chi connectivity index (χ1v) is 7.07. The van der Waals surface area contributed by atoms with Crippen molar-refractivity contribution in [2.24, 2.45) is 5.92 Å². The van der Waals surface area contributed by atoms with Gasteiger partial charge in [-0.05, 0) is 49.1 Å². The van der Waals surface area contributed by atoms with Crippen LogP contribution in [-0.2, 0) is 4.79 Å². The summed E-state index contributed by atoms with van der Waals surface area (Å²) in [6.45, 7) is 4.29. The molecule has 21 heavy (non-hydrogen) atoms. The van der Waals surface area contributed by atoms with Crippen LogP contribution >= 0.6 is 12.4 Å². The molecular weight excluding hydrogens is 298 g/mol. The van der Waals surface area contributed by atoms with Crippen LogP contribution in [0.3, 0.4) is 0 Å². The van der Waals surface area contributed by atoms with Crippen molar-refractivity contribution in [2.45, 2.75) is 25.7 Å². The average molecular weight is 319 g/mol. The lowest BCUT2D eigenvalue weighted by Gasteiger charge is -2.06. The summed E-state index contributed by atoms with van der Waals surface area (Å²) < 4.78 is 26.7. The average Bonchev–Trinajstić information content (AvgIpc) is 3.21. The lowest BCUT2D eigenvalue weighted by Crippen LogP contribution is -2.33. The number of benzene rings is 1. The molecule has 0 radical (unpaired) electrons. The molecule has 1 saturated carbocycles. The first-order valence-electron chi connectivity index (χ1n) is 7.07. The minimum atomic E-state index is -0.462. The van der Waals surface area contributed by atoms with Crippen molar-refractivity contribution in [2.75, 3.05) is 19.6 Å². The Morgan fingerprint density at radius 2 is 2.05 bits per heavy atom. The van der Waals surface area contributed by atoms with Gasteiger partial charge in [0.25, 0.3) is 0 Å². The summed E-state index contributed by atoms with van der Waals surface area (Å²) in [6, 6.07) is 3.40. The molecule has 2 N–H and O–H groups in total. The number of rotatable bonds is 7. The topological polar surface area (TPSA) is 41.1 Å². The zero-order chi connectivity index (χ0) is 14.5. The number of carbonyl (C=O) groups excluding carboxylic acids is 1. The van der Waals surface area contributed by atoms with Crippen molar-refractivity contribution < 1.29 is 13.6 Å². The van der Waals surface area contributed by atoms with E-state index in [1.165, 1.54) is 6.07 Å². The van der Waals surface area contributed by atoms with Crippen molar-refractivity contribution in [3.63, 3.8) is 0 Å². The fraction of sp³-hybridized carbons (Fsp3) is 0.533. The van der Waals surface area contributed by atoms with Gasteiger partial charge < -0.3 is 10.6 Å². The molecular formula is C15H21ClF2N2O. The van der Waals surface area contributed by atoms with E-state index < -0.39 is 11.6 Å². The Labute approximate surface area is 129 Å². The van der Waals surface area contributed by atoms with Gasteiger partial charge in [-0.25, -0.2) is 8.78 Å². The molecule has 0 heterocycles. The summed E-state index contributed by atoms with van der Waals surface area (Å²) in [5.74, 6) is -1.38. The van der Waals surface area contributed by atoms with Crippen molar-refractivity contribution in [1.29, 1.82) is 0 Å². The lowest BCUT2D eigenvalue weighted by molar-refractivity contribution is -0.122. The molecule has 2 atom stereocenters. The molecule has 1 aliphatic rings. The van der Waals surface area contributed by atoms with Gasteiger partial charge in [-0.1, -0.05) is 6.92 Å². The van der Waals surface area contributed by atoms with Gasteiger partial charge in [0, 0.05) is 19.0 Å². The van der Waals surface area contributed by atoms with Gasteiger partial charge in [-0.2, -0.15) is 0 Å². The number of nitrogens with one attached hydrogen (secondary N) is 2. The van der Waals surface area contributed by atoms with Crippen LogP contribution < -0.4 is 10.6 Å². The van der Waals surface area contributed by atoms with Crippen molar-refractivity contribution in [3.8, 4) is 0 Å². The minimum Gasteiger partial charge on any atom is -0.355 e. The molecule has 2 unspecified atom stereocenters. The molecule has 0 saturated heterocycles. The zero-order valence-electron chi connectivity index (χ0n) is 12.0. The third kappa shape index (κ3) is 4.93. The maximum atomic E-state index is 13.6. The van der Waals surface area contributed by atoms with Crippen LogP contribution in [0.5, 0.6) is 0 Å². The third-order valence-corrected chi connectivity index (χ3v) is 3.51. The Morgan fingerprint density at radius 1 is 1.29 bits per heavy atom. The highest BCUT2D eigenvalue weighted by Gasteiger charge is 2.45. The first kappa shape index (κ1) is 17.9. The van der Waals surface area contributed by atoms with Crippen LogP contribution in [0, 0.1) is 17.6 Å². The fourth-order valence-corrected chi connectivity index (χ4v) is 2.33. The number of carbonyl (C=O) groups is 1. The monoisotopic (exact) mass is 318 g/mol. The summed E-state index contributed by atoms with van der Waals surface area (Å²) in [6.07, 6.45) is 1.64. The molecule has 1 amide bonds. The quantitative estimate of drug-likeness (QED) is 0.759. The Morgan fingerprint density at radius 3 is 2.76 bits per heavy atom. The first-order chi connectivity index (χ1) is 9.63. The van der Waals surface area contributed by atoms with Gasteiger partial charge in [0.1, 0.15) is 11.6 Å². The Balaban J connectivity index is 0.00000220. The second kappa shape index (κ2) is 8.29. The van der Waals surface area contributed by atoms with Crippen LogP contribution in [0.25, 0.3) is 0 Å². The molecule has 0 aliphatic heterocycles. The van der Waals surface area contributed by atoms with E-state index in [0.717, 1.165) is 31.6 Å². The van der Waals surface area contributed by atoms with Gasteiger partial charge >= 0.3 is 0 Å². The summed E-state index contributed by atoms with van der Waals surface area (Å²) in [5, 5.41) is 6.00. The van der Waals surface area contributed by atoms with Gasteiger partial charge in [-0.3, -0.25) is 4.79 Å².